The maximum Gasteiger partial charge on any atom is 0.257 e. The van der Waals surface area contributed by atoms with Crippen LogP contribution in [0.2, 0.25) is 0 Å². The number of amides is 2. The van der Waals surface area contributed by atoms with E-state index in [0.29, 0.717) is 31.1 Å². The molecule has 1 saturated carbocycles. The third kappa shape index (κ3) is 4.62. The molecular formula is C16H24N2O3. The number of nitrogens with zero attached hydrogens (tertiary/aromatic N) is 1. The van der Waals surface area contributed by atoms with Gasteiger partial charge in [-0.05, 0) is 25.8 Å². The first-order chi connectivity index (χ1) is 10.2. The van der Waals surface area contributed by atoms with Crippen LogP contribution >= 0.6 is 0 Å². The predicted molar refractivity (Wildman–Crippen MR) is 79.9 cm³/mol. The number of carbonyl (C=O) groups excluding carboxylic acids is 2. The van der Waals surface area contributed by atoms with Gasteiger partial charge < -0.3 is 14.6 Å². The van der Waals surface area contributed by atoms with E-state index < -0.39 is 0 Å². The molecule has 1 aliphatic carbocycles. The molecule has 0 radical (unpaired) electrons. The molecule has 1 aromatic heterocycles. The van der Waals surface area contributed by atoms with E-state index in [9.17, 15) is 9.59 Å². The smallest absolute Gasteiger partial charge is 0.257 e. The monoisotopic (exact) mass is 292 g/mol. The lowest BCUT2D eigenvalue weighted by Gasteiger charge is -2.24. The van der Waals surface area contributed by atoms with Crippen molar-refractivity contribution in [2.45, 2.75) is 51.5 Å². The molecule has 1 aliphatic rings. The van der Waals surface area contributed by atoms with Gasteiger partial charge in [0.2, 0.25) is 5.91 Å². The molecule has 0 bridgehead atoms. The van der Waals surface area contributed by atoms with E-state index >= 15 is 0 Å². The molecule has 0 unspecified atom stereocenters. The molecule has 5 nitrogen and oxygen atoms in total. The molecule has 0 aromatic carbocycles. The molecule has 0 aliphatic heterocycles. The topological polar surface area (TPSA) is 62.6 Å². The van der Waals surface area contributed by atoms with E-state index in [2.05, 4.69) is 5.32 Å². The zero-order chi connectivity index (χ0) is 15.1. The quantitative estimate of drug-likeness (QED) is 0.876. The minimum Gasteiger partial charge on any atom is -0.472 e. The normalized spacial score (nSPS) is 15.7. The number of nitrogens with one attached hydrogen (secondary N) is 1. The van der Waals surface area contributed by atoms with Crippen LogP contribution in [0, 0.1) is 0 Å². The maximum atomic E-state index is 12.2. The molecule has 0 spiro atoms. The summed E-state index contributed by atoms with van der Waals surface area (Å²) in [4.78, 5) is 25.8. The van der Waals surface area contributed by atoms with Gasteiger partial charge in [-0.25, -0.2) is 0 Å². The Labute approximate surface area is 125 Å². The average molecular weight is 292 g/mol. The van der Waals surface area contributed by atoms with Gasteiger partial charge in [0.25, 0.3) is 5.91 Å². The molecular weight excluding hydrogens is 268 g/mol. The van der Waals surface area contributed by atoms with Gasteiger partial charge in [0.15, 0.2) is 0 Å². The number of hydrogen-bond donors (Lipinski definition) is 1. The van der Waals surface area contributed by atoms with Gasteiger partial charge in [-0.15, -0.1) is 0 Å². The Bertz CT molecular complexity index is 450. The Hall–Kier alpha value is -1.78. The van der Waals surface area contributed by atoms with Gasteiger partial charge >= 0.3 is 0 Å². The molecule has 21 heavy (non-hydrogen) atoms. The van der Waals surface area contributed by atoms with Crippen LogP contribution in [-0.2, 0) is 4.79 Å². The molecule has 2 rings (SSSR count). The van der Waals surface area contributed by atoms with Crippen molar-refractivity contribution in [1.82, 2.24) is 10.2 Å². The van der Waals surface area contributed by atoms with Gasteiger partial charge in [-0.3, -0.25) is 9.59 Å². The van der Waals surface area contributed by atoms with E-state index in [0.717, 1.165) is 12.8 Å². The number of carbonyl (C=O) groups is 2. The summed E-state index contributed by atoms with van der Waals surface area (Å²) in [6.45, 7) is 2.94. The van der Waals surface area contributed by atoms with E-state index in [1.807, 2.05) is 6.92 Å². The largest absolute Gasteiger partial charge is 0.472 e. The van der Waals surface area contributed by atoms with Crippen molar-refractivity contribution in [1.29, 1.82) is 0 Å². The fraction of sp³-hybridized carbons (Fsp3) is 0.625. The van der Waals surface area contributed by atoms with Gasteiger partial charge in [0, 0.05) is 25.6 Å². The number of rotatable bonds is 6. The van der Waals surface area contributed by atoms with Crippen molar-refractivity contribution in [2.75, 3.05) is 13.1 Å². The highest BCUT2D eigenvalue weighted by Gasteiger charge is 2.18. The van der Waals surface area contributed by atoms with Crippen LogP contribution in [0.5, 0.6) is 0 Å². The predicted octanol–water partition coefficient (Wildman–Crippen LogP) is 2.58. The average Bonchev–Trinajstić information content (AvgIpc) is 3.03. The second-order valence-electron chi connectivity index (χ2n) is 5.55. The molecule has 5 heteroatoms. The first kappa shape index (κ1) is 15.6. The molecule has 1 fully saturated rings. The van der Waals surface area contributed by atoms with Crippen molar-refractivity contribution >= 4 is 11.8 Å². The summed E-state index contributed by atoms with van der Waals surface area (Å²) in [5, 5.41) is 3.08. The Morgan fingerprint density at radius 3 is 2.71 bits per heavy atom. The van der Waals surface area contributed by atoms with Crippen molar-refractivity contribution in [3.05, 3.63) is 24.2 Å². The molecule has 1 N–H and O–H groups in total. The van der Waals surface area contributed by atoms with Gasteiger partial charge in [-0.2, -0.15) is 0 Å². The lowest BCUT2D eigenvalue weighted by molar-refractivity contribution is -0.122. The Kier molecular flexibility index (Phi) is 5.84. The van der Waals surface area contributed by atoms with Crippen LogP contribution in [0.3, 0.4) is 0 Å². The second kappa shape index (κ2) is 7.86. The lowest BCUT2D eigenvalue weighted by atomic mass is 9.95. The highest BCUT2D eigenvalue weighted by atomic mass is 16.3. The summed E-state index contributed by atoms with van der Waals surface area (Å²) in [5.74, 6) is -0.0444. The third-order valence-corrected chi connectivity index (χ3v) is 4.02. The fourth-order valence-corrected chi connectivity index (χ4v) is 2.76. The van der Waals surface area contributed by atoms with Crippen LogP contribution in [-0.4, -0.2) is 35.8 Å². The molecule has 1 heterocycles. The van der Waals surface area contributed by atoms with Crippen molar-refractivity contribution < 1.29 is 14.0 Å². The molecule has 0 saturated heterocycles. The number of hydrogen-bond acceptors (Lipinski definition) is 3. The maximum absolute atomic E-state index is 12.2. The Balaban J connectivity index is 1.77. The highest BCUT2D eigenvalue weighted by Crippen LogP contribution is 2.17. The highest BCUT2D eigenvalue weighted by molar-refractivity contribution is 5.94. The number of furan rings is 1. The third-order valence-electron chi connectivity index (χ3n) is 4.02. The standard InChI is InChI=1S/C16H24N2O3/c1-2-18(16(20)13-9-11-21-12-13)10-8-15(19)17-14-6-4-3-5-7-14/h9,11-12,14H,2-8,10H2,1H3,(H,17,19). The zero-order valence-electron chi connectivity index (χ0n) is 12.6. The second-order valence-corrected chi connectivity index (χ2v) is 5.55. The van der Waals surface area contributed by atoms with E-state index in [1.165, 1.54) is 31.8 Å². The van der Waals surface area contributed by atoms with Crippen LogP contribution in [0.1, 0.15) is 55.8 Å². The van der Waals surface area contributed by atoms with E-state index in [-0.39, 0.29) is 11.8 Å². The summed E-state index contributed by atoms with van der Waals surface area (Å²) >= 11 is 0. The minimum atomic E-state index is -0.0864. The molecule has 2 amide bonds. The van der Waals surface area contributed by atoms with Crippen LogP contribution in [0.4, 0.5) is 0 Å². The van der Waals surface area contributed by atoms with Crippen LogP contribution < -0.4 is 5.32 Å². The van der Waals surface area contributed by atoms with Gasteiger partial charge in [0.05, 0.1) is 11.8 Å². The van der Waals surface area contributed by atoms with Crippen molar-refractivity contribution in [3.8, 4) is 0 Å². The zero-order valence-corrected chi connectivity index (χ0v) is 12.6. The summed E-state index contributed by atoms with van der Waals surface area (Å²) in [6.07, 6.45) is 9.11. The van der Waals surface area contributed by atoms with Crippen LogP contribution in [0.25, 0.3) is 0 Å². The summed E-state index contributed by atoms with van der Waals surface area (Å²) < 4.78 is 4.93. The van der Waals surface area contributed by atoms with Crippen molar-refractivity contribution in [2.24, 2.45) is 0 Å². The Morgan fingerprint density at radius 2 is 2.10 bits per heavy atom. The summed E-state index contributed by atoms with van der Waals surface area (Å²) in [7, 11) is 0. The first-order valence-electron chi connectivity index (χ1n) is 7.81. The lowest BCUT2D eigenvalue weighted by Crippen LogP contribution is -2.39. The summed E-state index contributed by atoms with van der Waals surface area (Å²) in [5.41, 5.74) is 0.532. The van der Waals surface area contributed by atoms with Crippen LogP contribution in [0.15, 0.2) is 23.0 Å². The van der Waals surface area contributed by atoms with Crippen molar-refractivity contribution in [3.63, 3.8) is 0 Å². The molecule has 116 valence electrons. The van der Waals surface area contributed by atoms with Gasteiger partial charge in [-0.1, -0.05) is 19.3 Å². The first-order valence-corrected chi connectivity index (χ1v) is 7.81. The van der Waals surface area contributed by atoms with Gasteiger partial charge in [0.1, 0.15) is 6.26 Å². The SMILES string of the molecule is CCN(CCC(=O)NC1CCCCC1)C(=O)c1ccoc1. The summed E-state index contributed by atoms with van der Waals surface area (Å²) in [6, 6.07) is 1.97. The fourth-order valence-electron chi connectivity index (χ4n) is 2.76. The van der Waals surface area contributed by atoms with E-state index in [1.54, 1.807) is 11.0 Å². The minimum absolute atomic E-state index is 0.0420. The van der Waals surface area contributed by atoms with E-state index in [4.69, 9.17) is 4.42 Å². The molecule has 1 aromatic rings. The molecule has 0 atom stereocenters. The Morgan fingerprint density at radius 1 is 1.33 bits per heavy atom.